The molecule has 2 aliphatic rings. The van der Waals surface area contributed by atoms with E-state index < -0.39 is 5.97 Å². The van der Waals surface area contributed by atoms with Crippen molar-refractivity contribution in [2.45, 2.75) is 51.1 Å². The number of carboxylic acid groups (broad SMARTS) is 1. The Morgan fingerprint density at radius 2 is 2.20 bits per heavy atom. The lowest BCUT2D eigenvalue weighted by Crippen LogP contribution is -2.54. The fourth-order valence-corrected chi connectivity index (χ4v) is 3.06. The second-order valence-electron chi connectivity index (χ2n) is 5.68. The van der Waals surface area contributed by atoms with Gasteiger partial charge in [-0.3, -0.25) is 4.79 Å². The topological polar surface area (TPSA) is 78.9 Å². The molecule has 3 atom stereocenters. The number of nitrogens with one attached hydrogen (secondary N) is 1. The monoisotopic (exact) mass is 284 g/mol. The lowest BCUT2D eigenvalue weighted by atomic mass is 9.86. The summed E-state index contributed by atoms with van der Waals surface area (Å²) < 4.78 is 5.39. The number of carbonyl (C=O) groups excluding carboxylic acids is 1. The molecule has 2 fully saturated rings. The summed E-state index contributed by atoms with van der Waals surface area (Å²) in [5.74, 6) is -1.07. The van der Waals surface area contributed by atoms with Crippen LogP contribution in [-0.4, -0.2) is 53.8 Å². The molecule has 0 radical (unpaired) electrons. The first-order chi connectivity index (χ1) is 9.61. The molecule has 0 aromatic heterocycles. The fraction of sp³-hybridized carbons (Fsp3) is 0.857. The van der Waals surface area contributed by atoms with E-state index >= 15 is 0 Å². The molecule has 20 heavy (non-hydrogen) atoms. The fourth-order valence-electron chi connectivity index (χ4n) is 3.06. The molecule has 1 heterocycles. The highest BCUT2D eigenvalue weighted by atomic mass is 16.5. The Morgan fingerprint density at radius 3 is 2.90 bits per heavy atom. The van der Waals surface area contributed by atoms with Crippen LogP contribution in [0.1, 0.15) is 39.0 Å². The lowest BCUT2D eigenvalue weighted by Gasteiger charge is -2.37. The first-order valence-electron chi connectivity index (χ1n) is 7.49. The third-order valence-electron chi connectivity index (χ3n) is 4.31. The largest absolute Gasteiger partial charge is 0.481 e. The summed E-state index contributed by atoms with van der Waals surface area (Å²) in [7, 11) is 0. The first kappa shape index (κ1) is 15.1. The zero-order valence-corrected chi connectivity index (χ0v) is 12.0. The summed E-state index contributed by atoms with van der Waals surface area (Å²) in [6.45, 7) is 3.82. The highest BCUT2D eigenvalue weighted by Crippen LogP contribution is 2.24. The van der Waals surface area contributed by atoms with E-state index in [4.69, 9.17) is 9.84 Å². The molecule has 0 aromatic rings. The second-order valence-corrected chi connectivity index (χ2v) is 5.68. The number of hydrogen-bond donors (Lipinski definition) is 2. The highest BCUT2D eigenvalue weighted by Gasteiger charge is 2.31. The molecular formula is C14H24N2O4. The molecule has 0 aromatic carbocycles. The number of nitrogens with zero attached hydrogens (tertiary/aromatic N) is 1. The SMILES string of the molecule is CCC1COCCN1C(=O)NC1CCCC(C(=O)O)C1. The molecule has 3 unspecified atom stereocenters. The molecule has 2 rings (SSSR count). The standard InChI is InChI=1S/C14H24N2O4/c1-2-12-9-20-7-6-16(12)14(19)15-11-5-3-4-10(8-11)13(17)18/h10-12H,2-9H2,1H3,(H,15,19)(H,17,18). The van der Waals surface area contributed by atoms with E-state index in [9.17, 15) is 9.59 Å². The molecule has 0 spiro atoms. The second kappa shape index (κ2) is 6.92. The minimum absolute atomic E-state index is 0.0160. The minimum Gasteiger partial charge on any atom is -0.481 e. The summed E-state index contributed by atoms with van der Waals surface area (Å²) >= 11 is 0. The van der Waals surface area contributed by atoms with Crippen molar-refractivity contribution in [2.75, 3.05) is 19.8 Å². The van der Waals surface area contributed by atoms with Gasteiger partial charge in [-0.2, -0.15) is 0 Å². The van der Waals surface area contributed by atoms with Crippen molar-refractivity contribution >= 4 is 12.0 Å². The predicted molar refractivity (Wildman–Crippen MR) is 73.5 cm³/mol. The molecule has 6 nitrogen and oxygen atoms in total. The van der Waals surface area contributed by atoms with Crippen LogP contribution in [0.5, 0.6) is 0 Å². The third-order valence-corrected chi connectivity index (χ3v) is 4.31. The number of urea groups is 1. The van der Waals surface area contributed by atoms with Gasteiger partial charge in [-0.05, 0) is 25.7 Å². The summed E-state index contributed by atoms with van der Waals surface area (Å²) in [4.78, 5) is 25.2. The van der Waals surface area contributed by atoms with Gasteiger partial charge in [0.05, 0.1) is 25.2 Å². The molecule has 6 heteroatoms. The lowest BCUT2D eigenvalue weighted by molar-refractivity contribution is -0.143. The minimum atomic E-state index is -0.748. The summed E-state index contributed by atoms with van der Waals surface area (Å²) in [6.07, 6.45) is 3.87. The number of ether oxygens (including phenoxy) is 1. The van der Waals surface area contributed by atoms with E-state index in [-0.39, 0.29) is 24.0 Å². The molecule has 2 amide bonds. The van der Waals surface area contributed by atoms with Gasteiger partial charge in [0.25, 0.3) is 0 Å². The van der Waals surface area contributed by atoms with Crippen LogP contribution in [0.25, 0.3) is 0 Å². The Hall–Kier alpha value is -1.30. The van der Waals surface area contributed by atoms with Crippen LogP contribution >= 0.6 is 0 Å². The zero-order chi connectivity index (χ0) is 14.5. The van der Waals surface area contributed by atoms with E-state index in [2.05, 4.69) is 5.32 Å². The molecule has 1 saturated carbocycles. The van der Waals surface area contributed by atoms with Crippen LogP contribution in [0.3, 0.4) is 0 Å². The summed E-state index contributed by atoms with van der Waals surface area (Å²) in [5.41, 5.74) is 0. The van der Waals surface area contributed by atoms with Crippen molar-refractivity contribution < 1.29 is 19.4 Å². The average molecular weight is 284 g/mol. The van der Waals surface area contributed by atoms with E-state index in [1.807, 2.05) is 11.8 Å². The number of rotatable bonds is 3. The molecule has 1 aliphatic carbocycles. The maximum Gasteiger partial charge on any atom is 0.318 e. The molecule has 1 saturated heterocycles. The summed E-state index contributed by atoms with van der Waals surface area (Å²) in [5, 5.41) is 12.1. The number of hydrogen-bond acceptors (Lipinski definition) is 3. The molecule has 2 N–H and O–H groups in total. The van der Waals surface area contributed by atoms with Gasteiger partial charge in [0, 0.05) is 12.6 Å². The van der Waals surface area contributed by atoms with E-state index in [0.29, 0.717) is 26.2 Å². The van der Waals surface area contributed by atoms with Crippen LogP contribution in [0.4, 0.5) is 4.79 Å². The van der Waals surface area contributed by atoms with Crippen LogP contribution in [0.2, 0.25) is 0 Å². The first-order valence-corrected chi connectivity index (χ1v) is 7.49. The van der Waals surface area contributed by atoms with Gasteiger partial charge >= 0.3 is 12.0 Å². The van der Waals surface area contributed by atoms with Gasteiger partial charge in [-0.1, -0.05) is 13.3 Å². The summed E-state index contributed by atoms with van der Waals surface area (Å²) in [6, 6.07) is 0.0384. The number of aliphatic carboxylic acids is 1. The Labute approximate surface area is 119 Å². The van der Waals surface area contributed by atoms with E-state index in [1.54, 1.807) is 0 Å². The Kier molecular flexibility index (Phi) is 5.23. The maximum atomic E-state index is 12.3. The Bertz CT molecular complexity index is 361. The van der Waals surface area contributed by atoms with E-state index in [1.165, 1.54) is 0 Å². The van der Waals surface area contributed by atoms with Crippen molar-refractivity contribution in [3.05, 3.63) is 0 Å². The number of carbonyl (C=O) groups is 2. The number of amides is 2. The van der Waals surface area contributed by atoms with Crippen molar-refractivity contribution in [3.63, 3.8) is 0 Å². The Balaban J connectivity index is 1.88. The van der Waals surface area contributed by atoms with Crippen LogP contribution in [0.15, 0.2) is 0 Å². The van der Waals surface area contributed by atoms with Crippen molar-refractivity contribution in [1.29, 1.82) is 0 Å². The molecule has 1 aliphatic heterocycles. The number of morpholine rings is 1. The molecule has 114 valence electrons. The van der Waals surface area contributed by atoms with Crippen molar-refractivity contribution in [3.8, 4) is 0 Å². The highest BCUT2D eigenvalue weighted by molar-refractivity contribution is 5.75. The zero-order valence-electron chi connectivity index (χ0n) is 12.0. The van der Waals surface area contributed by atoms with Gasteiger partial charge in [-0.25, -0.2) is 4.79 Å². The average Bonchev–Trinajstić information content (AvgIpc) is 2.47. The Morgan fingerprint density at radius 1 is 1.40 bits per heavy atom. The maximum absolute atomic E-state index is 12.3. The van der Waals surface area contributed by atoms with Gasteiger partial charge in [0.15, 0.2) is 0 Å². The normalized spacial score (nSPS) is 30.9. The van der Waals surface area contributed by atoms with Crippen LogP contribution < -0.4 is 5.32 Å². The quantitative estimate of drug-likeness (QED) is 0.822. The molecule has 0 bridgehead atoms. The molecular weight excluding hydrogens is 260 g/mol. The van der Waals surface area contributed by atoms with Gasteiger partial charge in [-0.15, -0.1) is 0 Å². The van der Waals surface area contributed by atoms with Gasteiger partial charge in [0.1, 0.15) is 0 Å². The smallest absolute Gasteiger partial charge is 0.318 e. The van der Waals surface area contributed by atoms with E-state index in [0.717, 1.165) is 25.7 Å². The van der Waals surface area contributed by atoms with Gasteiger partial charge in [0.2, 0.25) is 0 Å². The van der Waals surface area contributed by atoms with Crippen LogP contribution in [-0.2, 0) is 9.53 Å². The van der Waals surface area contributed by atoms with Crippen LogP contribution in [0, 0.1) is 5.92 Å². The van der Waals surface area contributed by atoms with Crippen molar-refractivity contribution in [2.24, 2.45) is 5.92 Å². The van der Waals surface area contributed by atoms with Crippen molar-refractivity contribution in [1.82, 2.24) is 10.2 Å². The number of carboxylic acids is 1. The predicted octanol–water partition coefficient (Wildman–Crippen LogP) is 1.45. The third kappa shape index (κ3) is 3.62. The van der Waals surface area contributed by atoms with Gasteiger partial charge < -0.3 is 20.1 Å².